The van der Waals surface area contributed by atoms with Crippen molar-refractivity contribution in [3.8, 4) is 6.07 Å². The van der Waals surface area contributed by atoms with E-state index in [9.17, 15) is 13.6 Å². The molecule has 4 nitrogen and oxygen atoms in total. The molecule has 1 rings (SSSR count). The summed E-state index contributed by atoms with van der Waals surface area (Å²) in [5.41, 5.74) is -1.48. The number of hydrogen-bond donors (Lipinski definition) is 0. The zero-order valence-electron chi connectivity index (χ0n) is 8.71. The van der Waals surface area contributed by atoms with Crippen molar-refractivity contribution >= 4 is 17.6 Å². The van der Waals surface area contributed by atoms with Gasteiger partial charge in [-0.25, -0.2) is 18.6 Å². The first-order chi connectivity index (χ1) is 8.01. The van der Waals surface area contributed by atoms with Crippen LogP contribution in [0.2, 0.25) is 5.02 Å². The van der Waals surface area contributed by atoms with Gasteiger partial charge < -0.3 is 4.74 Å². The first-order valence-electron chi connectivity index (χ1n) is 4.57. The summed E-state index contributed by atoms with van der Waals surface area (Å²) < 4.78 is 29.6. The first-order valence-corrected chi connectivity index (χ1v) is 4.94. The fourth-order valence-electron chi connectivity index (χ4n) is 1.10. The average Bonchev–Trinajstić information content (AvgIpc) is 2.28. The monoisotopic (exact) mass is 260 g/mol. The summed E-state index contributed by atoms with van der Waals surface area (Å²) in [7, 11) is 0. The first kappa shape index (κ1) is 13.3. The molecule has 0 radical (unpaired) electrons. The van der Waals surface area contributed by atoms with Crippen LogP contribution in [0.1, 0.15) is 35.1 Å². The predicted octanol–water partition coefficient (Wildman–Crippen LogP) is 2.72. The second-order valence-corrected chi connectivity index (χ2v) is 3.30. The molecule has 7 heteroatoms. The van der Waals surface area contributed by atoms with Crippen LogP contribution in [-0.2, 0) is 4.74 Å². The van der Waals surface area contributed by atoms with E-state index in [-0.39, 0.29) is 17.3 Å². The zero-order chi connectivity index (χ0) is 13.0. The van der Waals surface area contributed by atoms with Gasteiger partial charge in [-0.1, -0.05) is 11.6 Å². The van der Waals surface area contributed by atoms with E-state index >= 15 is 0 Å². The molecule has 0 spiro atoms. The Hall–Kier alpha value is -1.74. The van der Waals surface area contributed by atoms with Crippen LogP contribution in [0.4, 0.5) is 8.78 Å². The van der Waals surface area contributed by atoms with Crippen molar-refractivity contribution in [2.75, 3.05) is 6.61 Å². The number of halogens is 3. The van der Waals surface area contributed by atoms with Gasteiger partial charge in [0.2, 0.25) is 0 Å². The van der Waals surface area contributed by atoms with Crippen LogP contribution < -0.4 is 0 Å². The van der Waals surface area contributed by atoms with Crippen LogP contribution >= 0.6 is 11.6 Å². The third-order valence-corrected chi connectivity index (χ3v) is 2.10. The molecule has 1 aromatic rings. The highest BCUT2D eigenvalue weighted by Gasteiger charge is 2.21. The zero-order valence-corrected chi connectivity index (χ0v) is 9.46. The summed E-state index contributed by atoms with van der Waals surface area (Å²) in [6, 6.07) is 2.34. The highest BCUT2D eigenvalue weighted by Crippen LogP contribution is 2.26. The fraction of sp³-hybridized carbons (Fsp3) is 0.300. The van der Waals surface area contributed by atoms with E-state index in [1.165, 1.54) is 6.07 Å². The SMILES string of the molecule is CCOC(=O)c1nc(C#N)c(C(F)F)cc1Cl. The van der Waals surface area contributed by atoms with Gasteiger partial charge in [0, 0.05) is 0 Å². The molecule has 0 bridgehead atoms. The van der Waals surface area contributed by atoms with E-state index in [2.05, 4.69) is 9.72 Å². The Kier molecular flexibility index (Phi) is 4.35. The summed E-state index contributed by atoms with van der Waals surface area (Å²) in [5, 5.41) is 8.39. The molecule has 0 amide bonds. The third kappa shape index (κ3) is 2.88. The normalized spacial score (nSPS) is 10.1. The Bertz CT molecular complexity index is 486. The topological polar surface area (TPSA) is 63.0 Å². The lowest BCUT2D eigenvalue weighted by molar-refractivity contribution is 0.0519. The van der Waals surface area contributed by atoms with Gasteiger partial charge in [0.1, 0.15) is 11.8 Å². The van der Waals surface area contributed by atoms with Gasteiger partial charge >= 0.3 is 5.97 Å². The van der Waals surface area contributed by atoms with Crippen LogP contribution in [0.15, 0.2) is 6.07 Å². The predicted molar refractivity (Wildman–Crippen MR) is 54.9 cm³/mol. The van der Waals surface area contributed by atoms with Crippen LogP contribution in [0, 0.1) is 11.3 Å². The van der Waals surface area contributed by atoms with Gasteiger partial charge in [-0.3, -0.25) is 0 Å². The Balaban J connectivity index is 3.28. The standard InChI is InChI=1S/C10H7ClF2N2O2/c1-2-17-10(16)8-6(11)3-5(9(12)13)7(4-14)15-8/h3,9H,2H2,1H3. The second kappa shape index (κ2) is 5.55. The largest absolute Gasteiger partial charge is 0.461 e. The Morgan fingerprint density at radius 2 is 2.35 bits per heavy atom. The maximum Gasteiger partial charge on any atom is 0.358 e. The molecule has 0 aliphatic heterocycles. The lowest BCUT2D eigenvalue weighted by Gasteiger charge is -2.07. The molecule has 0 atom stereocenters. The number of aromatic nitrogens is 1. The van der Waals surface area contributed by atoms with Gasteiger partial charge in [-0.2, -0.15) is 5.26 Å². The molecule has 1 heterocycles. The van der Waals surface area contributed by atoms with E-state index in [4.69, 9.17) is 16.9 Å². The molecule has 0 aromatic carbocycles. The summed E-state index contributed by atoms with van der Waals surface area (Å²) in [5.74, 6) is -0.852. The lowest BCUT2D eigenvalue weighted by atomic mass is 10.2. The average molecular weight is 261 g/mol. The van der Waals surface area contributed by atoms with E-state index < -0.39 is 23.7 Å². The lowest BCUT2D eigenvalue weighted by Crippen LogP contribution is -2.10. The molecule has 0 N–H and O–H groups in total. The van der Waals surface area contributed by atoms with Crippen molar-refractivity contribution < 1.29 is 18.3 Å². The van der Waals surface area contributed by atoms with Crippen LogP contribution in [-0.4, -0.2) is 17.6 Å². The third-order valence-electron chi connectivity index (χ3n) is 1.82. The number of rotatable bonds is 3. The number of alkyl halides is 2. The van der Waals surface area contributed by atoms with Gasteiger partial charge in [0.15, 0.2) is 5.69 Å². The number of esters is 1. The number of carbonyl (C=O) groups excluding carboxylic acids is 1. The van der Waals surface area contributed by atoms with Gasteiger partial charge in [0.05, 0.1) is 17.2 Å². The summed E-state index contributed by atoms with van der Waals surface area (Å²) in [4.78, 5) is 14.8. The van der Waals surface area contributed by atoms with E-state index in [0.29, 0.717) is 0 Å². The van der Waals surface area contributed by atoms with Gasteiger partial charge in [0.25, 0.3) is 6.43 Å². The van der Waals surface area contributed by atoms with Crippen molar-refractivity contribution in [3.63, 3.8) is 0 Å². The molecule has 0 unspecified atom stereocenters. The minimum atomic E-state index is -2.88. The van der Waals surface area contributed by atoms with Gasteiger partial charge in [-0.15, -0.1) is 0 Å². The Morgan fingerprint density at radius 3 is 2.82 bits per heavy atom. The molecule has 0 saturated carbocycles. The van der Waals surface area contributed by atoms with E-state index in [1.54, 1.807) is 6.92 Å². The molecular formula is C10H7ClF2N2O2. The number of pyridine rings is 1. The molecule has 0 aliphatic carbocycles. The summed E-state index contributed by atoms with van der Waals surface area (Å²) in [6.07, 6.45) is -2.88. The van der Waals surface area contributed by atoms with Crippen LogP contribution in [0.25, 0.3) is 0 Å². The molecule has 1 aromatic heterocycles. The maximum atomic E-state index is 12.5. The molecule has 0 fully saturated rings. The van der Waals surface area contributed by atoms with Crippen molar-refractivity contribution in [2.45, 2.75) is 13.3 Å². The quantitative estimate of drug-likeness (QED) is 0.784. The molecule has 17 heavy (non-hydrogen) atoms. The minimum absolute atomic E-state index is 0.0926. The van der Waals surface area contributed by atoms with Crippen LogP contribution in [0.3, 0.4) is 0 Å². The Morgan fingerprint density at radius 1 is 1.71 bits per heavy atom. The minimum Gasteiger partial charge on any atom is -0.461 e. The molecule has 90 valence electrons. The summed E-state index contributed by atoms with van der Waals surface area (Å²) in [6.45, 7) is 1.67. The van der Waals surface area contributed by atoms with E-state index in [0.717, 1.165) is 6.07 Å². The molecule has 0 aliphatic rings. The fourth-order valence-corrected chi connectivity index (χ4v) is 1.34. The molecule has 0 saturated heterocycles. The molecular weight excluding hydrogens is 254 g/mol. The number of ether oxygens (including phenoxy) is 1. The number of carbonyl (C=O) groups is 1. The van der Waals surface area contributed by atoms with Crippen molar-refractivity contribution in [1.29, 1.82) is 5.26 Å². The summed E-state index contributed by atoms with van der Waals surface area (Å²) >= 11 is 5.63. The van der Waals surface area contributed by atoms with Crippen LogP contribution in [0.5, 0.6) is 0 Å². The highest BCUT2D eigenvalue weighted by atomic mass is 35.5. The van der Waals surface area contributed by atoms with Crippen molar-refractivity contribution in [2.24, 2.45) is 0 Å². The number of hydrogen-bond acceptors (Lipinski definition) is 4. The van der Waals surface area contributed by atoms with Crippen molar-refractivity contribution in [1.82, 2.24) is 4.98 Å². The number of nitriles is 1. The van der Waals surface area contributed by atoms with E-state index in [1.807, 2.05) is 0 Å². The number of nitrogens with zero attached hydrogens (tertiary/aromatic N) is 2. The van der Waals surface area contributed by atoms with Gasteiger partial charge in [-0.05, 0) is 13.0 Å². The Labute approximate surface area is 101 Å². The second-order valence-electron chi connectivity index (χ2n) is 2.89. The highest BCUT2D eigenvalue weighted by molar-refractivity contribution is 6.33. The smallest absolute Gasteiger partial charge is 0.358 e. The maximum absolute atomic E-state index is 12.5. The van der Waals surface area contributed by atoms with Crippen molar-refractivity contribution in [3.05, 3.63) is 28.0 Å².